The third kappa shape index (κ3) is 7.70. The van der Waals surface area contributed by atoms with Gasteiger partial charge in [0.2, 0.25) is 0 Å². The molecule has 2 atom stereocenters. The van der Waals surface area contributed by atoms with Gasteiger partial charge in [-0.15, -0.1) is 0 Å². The van der Waals surface area contributed by atoms with Crippen molar-refractivity contribution in [3.05, 3.63) is 301 Å². The molecule has 0 fully saturated rings. The molecule has 0 bridgehead atoms. The topological polar surface area (TPSA) is 18.5 Å². The quantitative estimate of drug-likeness (QED) is 0.0546. The molecule has 2 unspecified atom stereocenters. The minimum Gasteiger partial charge on any atom is -0.404 e. The minimum atomic E-state index is -3.24. The Morgan fingerprint density at radius 3 is 1.21 bits per heavy atom. The summed E-state index contributed by atoms with van der Waals surface area (Å²) in [6, 6.07) is 94.0. The lowest BCUT2D eigenvalue weighted by Gasteiger charge is -2.47. The number of allylic oxidation sites excluding steroid dienone is 4. The van der Waals surface area contributed by atoms with E-state index in [1.807, 2.05) is 0 Å². The summed E-state index contributed by atoms with van der Waals surface area (Å²) < 4.78 is 16.3. The average Bonchev–Trinajstić information content (AvgIpc) is 3.98. The molecule has 0 saturated carbocycles. The van der Waals surface area contributed by atoms with Crippen molar-refractivity contribution >= 4 is 58.9 Å². The van der Waals surface area contributed by atoms with Gasteiger partial charge < -0.3 is 8.85 Å². The summed E-state index contributed by atoms with van der Waals surface area (Å²) in [7, 11) is -6.26. The first-order valence-corrected chi connectivity index (χ1v) is 29.0. The van der Waals surface area contributed by atoms with Crippen molar-refractivity contribution < 1.29 is 8.85 Å². The Balaban J connectivity index is 1.10. The van der Waals surface area contributed by atoms with Crippen LogP contribution in [0.4, 0.5) is 0 Å². The lowest BCUT2D eigenvalue weighted by Crippen LogP contribution is -2.70. The van der Waals surface area contributed by atoms with E-state index in [2.05, 4.69) is 279 Å². The summed E-state index contributed by atoms with van der Waals surface area (Å²) in [5, 5.41) is 10.1. The summed E-state index contributed by atoms with van der Waals surface area (Å²) in [5.74, 6) is 0.0412. The van der Waals surface area contributed by atoms with Crippen LogP contribution in [0.1, 0.15) is 29.9 Å². The summed E-state index contributed by atoms with van der Waals surface area (Å²) >= 11 is 0. The molecule has 2 nitrogen and oxygen atoms in total. The van der Waals surface area contributed by atoms with Gasteiger partial charge in [0.15, 0.2) is 0 Å². The standard InChI is InChI=1S/C67H56O2Si2/c1-7-28-51(29-8-1)70(52-30-9-2-10-31-52,53-32-11-3-12-33-53)68-49-27-48-67(65-61-44-23-19-40-57(61)58-41-20-24-45-62(58)65,66-63-46-25-21-42-59(63)60-43-22-26-47-64(60)66)50-69-71(54-34-13-4-14-35-54,55-36-15-5-16-37-55)56-38-17-6-18-39-56/h1-26,28-47,61,66H,27,48-50H2. The van der Waals surface area contributed by atoms with Crippen LogP contribution < -0.4 is 41.6 Å². The first-order chi connectivity index (χ1) is 35.2. The van der Waals surface area contributed by atoms with E-state index < -0.39 is 22.0 Å². The van der Waals surface area contributed by atoms with Crippen LogP contribution in [-0.4, -0.2) is 29.8 Å². The Hall–Kier alpha value is -7.45. The molecule has 3 aliphatic rings. The molecule has 3 aliphatic carbocycles. The number of benzene rings is 9. The van der Waals surface area contributed by atoms with Crippen LogP contribution in [0.25, 0.3) is 22.3 Å². The van der Waals surface area contributed by atoms with Crippen molar-refractivity contribution in [1.29, 1.82) is 0 Å². The molecule has 4 heteroatoms. The van der Waals surface area contributed by atoms with Gasteiger partial charge in [0.25, 0.3) is 16.6 Å². The summed E-state index contributed by atoms with van der Waals surface area (Å²) in [5.41, 5.74) is 7.57. The Morgan fingerprint density at radius 1 is 0.380 bits per heavy atom. The van der Waals surface area contributed by atoms with Crippen molar-refractivity contribution in [3.8, 4) is 11.1 Å². The molecule has 71 heavy (non-hydrogen) atoms. The predicted molar refractivity (Wildman–Crippen MR) is 300 cm³/mol. The zero-order valence-corrected chi connectivity index (χ0v) is 41.9. The molecule has 9 aromatic carbocycles. The third-order valence-electron chi connectivity index (χ3n) is 15.5. The highest BCUT2D eigenvalue weighted by molar-refractivity contribution is 7.07. The Kier molecular flexibility index (Phi) is 12.2. The van der Waals surface area contributed by atoms with Crippen LogP contribution >= 0.6 is 0 Å². The zero-order chi connectivity index (χ0) is 47.5. The average molecular weight is 949 g/mol. The van der Waals surface area contributed by atoms with Gasteiger partial charge in [-0.1, -0.05) is 279 Å². The van der Waals surface area contributed by atoms with Crippen molar-refractivity contribution in [1.82, 2.24) is 0 Å². The van der Waals surface area contributed by atoms with Crippen LogP contribution in [0.15, 0.2) is 279 Å². The Morgan fingerprint density at radius 2 is 0.761 bits per heavy atom. The molecule has 9 aromatic rings. The summed E-state index contributed by atoms with van der Waals surface area (Å²) in [4.78, 5) is 0. The first kappa shape index (κ1) is 44.7. The molecule has 12 rings (SSSR count). The largest absolute Gasteiger partial charge is 0.404 e. The lowest BCUT2D eigenvalue weighted by molar-refractivity contribution is 0.154. The number of rotatable bonds is 16. The van der Waals surface area contributed by atoms with E-state index in [4.69, 9.17) is 8.85 Å². The molecule has 0 N–H and O–H groups in total. The van der Waals surface area contributed by atoms with Gasteiger partial charge in [-0.2, -0.15) is 0 Å². The van der Waals surface area contributed by atoms with E-state index >= 15 is 0 Å². The van der Waals surface area contributed by atoms with Crippen molar-refractivity contribution in [2.24, 2.45) is 11.3 Å². The second-order valence-corrected chi connectivity index (χ2v) is 26.0. The smallest absolute Gasteiger partial charge is 0.288 e. The monoisotopic (exact) mass is 948 g/mol. The maximum atomic E-state index is 8.44. The number of fused-ring (bicyclic) bond motifs is 5. The van der Waals surface area contributed by atoms with Gasteiger partial charge in [0.1, 0.15) is 0 Å². The third-order valence-corrected chi connectivity index (χ3v) is 23.6. The van der Waals surface area contributed by atoms with Gasteiger partial charge in [0.05, 0.1) is 0 Å². The van der Waals surface area contributed by atoms with Crippen LogP contribution in [0, 0.1) is 11.3 Å². The molecule has 0 spiro atoms. The van der Waals surface area contributed by atoms with Crippen LogP contribution in [0.5, 0.6) is 0 Å². The maximum Gasteiger partial charge on any atom is 0.288 e. The van der Waals surface area contributed by atoms with E-state index in [1.54, 1.807) is 0 Å². The zero-order valence-electron chi connectivity index (χ0n) is 39.9. The van der Waals surface area contributed by atoms with Crippen molar-refractivity contribution in [3.63, 3.8) is 0 Å². The van der Waals surface area contributed by atoms with Gasteiger partial charge in [-0.25, -0.2) is 0 Å². The highest BCUT2D eigenvalue weighted by Crippen LogP contribution is 2.60. The fourth-order valence-electron chi connectivity index (χ4n) is 12.6. The summed E-state index contributed by atoms with van der Waals surface area (Å²) in [6.07, 6.45) is 10.9. The van der Waals surface area contributed by atoms with Gasteiger partial charge in [0, 0.05) is 30.5 Å². The highest BCUT2D eigenvalue weighted by atomic mass is 28.4. The predicted octanol–water partition coefficient (Wildman–Crippen LogP) is 9.69. The Labute approximate surface area is 420 Å². The normalized spacial score (nSPS) is 15.7. The molecule has 0 aromatic heterocycles. The van der Waals surface area contributed by atoms with E-state index in [9.17, 15) is 0 Å². The van der Waals surface area contributed by atoms with Crippen molar-refractivity contribution in [2.75, 3.05) is 13.2 Å². The number of hydrogen-bond acceptors (Lipinski definition) is 2. The fourth-order valence-corrected chi connectivity index (χ4v) is 20.5. The van der Waals surface area contributed by atoms with E-state index in [0.29, 0.717) is 13.2 Å². The molecular formula is C67H56O2Si2. The molecular weight excluding hydrogens is 893 g/mol. The van der Waals surface area contributed by atoms with Crippen LogP contribution in [-0.2, 0) is 8.85 Å². The van der Waals surface area contributed by atoms with E-state index in [1.165, 1.54) is 75.0 Å². The lowest BCUT2D eigenvalue weighted by atomic mass is 9.61. The molecule has 0 heterocycles. The van der Waals surface area contributed by atoms with Crippen molar-refractivity contribution in [2.45, 2.75) is 18.8 Å². The Bertz CT molecular complexity index is 3250. The van der Waals surface area contributed by atoms with Crippen LogP contribution in [0.2, 0.25) is 0 Å². The molecule has 0 saturated heterocycles. The molecule has 0 radical (unpaired) electrons. The highest BCUT2D eigenvalue weighted by Gasteiger charge is 2.54. The van der Waals surface area contributed by atoms with Crippen LogP contribution in [0.3, 0.4) is 0 Å². The van der Waals surface area contributed by atoms with Gasteiger partial charge in [-0.05, 0) is 87.8 Å². The van der Waals surface area contributed by atoms with Gasteiger partial charge in [-0.3, -0.25) is 0 Å². The fraction of sp³-hybridized carbons (Fsp3) is 0.104. The maximum absolute atomic E-state index is 8.44. The van der Waals surface area contributed by atoms with Gasteiger partial charge >= 0.3 is 0 Å². The molecule has 0 aliphatic heterocycles. The second kappa shape index (κ2) is 19.4. The van der Waals surface area contributed by atoms with E-state index in [0.717, 1.165) is 12.8 Å². The first-order valence-electron chi connectivity index (χ1n) is 25.2. The second-order valence-electron chi connectivity index (χ2n) is 19.2. The molecule has 0 amide bonds. The van der Waals surface area contributed by atoms with E-state index in [-0.39, 0.29) is 11.8 Å². The SMILES string of the molecule is C1=CC2=c3ccccc3=C(C(CCCO[Si](c3ccccc3)(c3ccccc3)c3ccccc3)(CO[Si](c3ccccc3)(c3ccccc3)c3ccccc3)C3c4ccccc4-c4ccccc43)C2C=C1. The summed E-state index contributed by atoms with van der Waals surface area (Å²) in [6.45, 7) is 1.04. The molecule has 344 valence electrons. The number of hydrogen-bond donors (Lipinski definition) is 0. The minimum absolute atomic E-state index is 0.0231.